The Bertz CT molecular complexity index is 738. The molecular formula is C18H17FN2O. The fourth-order valence-electron chi connectivity index (χ4n) is 3.23. The fraction of sp³-hybridized carbons (Fsp3) is 0.278. The second kappa shape index (κ2) is 5.69. The van der Waals surface area contributed by atoms with Crippen LogP contribution < -0.4 is 9.64 Å². The van der Waals surface area contributed by atoms with Gasteiger partial charge < -0.3 is 9.64 Å². The zero-order valence-electron chi connectivity index (χ0n) is 12.6. The highest BCUT2D eigenvalue weighted by molar-refractivity contribution is 5.67. The zero-order chi connectivity index (χ0) is 15.7. The Balaban J connectivity index is 2.16. The Morgan fingerprint density at radius 1 is 1.23 bits per heavy atom. The first-order chi connectivity index (χ1) is 10.7. The minimum atomic E-state index is -0.391. The van der Waals surface area contributed by atoms with Gasteiger partial charge >= 0.3 is 0 Å². The molecule has 3 rings (SSSR count). The minimum Gasteiger partial charge on any atom is -0.497 e. The lowest BCUT2D eigenvalue weighted by Gasteiger charge is -2.28. The summed E-state index contributed by atoms with van der Waals surface area (Å²) in [6.45, 7) is 2.70. The lowest BCUT2D eigenvalue weighted by molar-refractivity contribution is 0.415. The van der Waals surface area contributed by atoms with Crippen LogP contribution in [0.5, 0.6) is 5.75 Å². The molecule has 1 aliphatic rings. The fourth-order valence-corrected chi connectivity index (χ4v) is 3.23. The van der Waals surface area contributed by atoms with E-state index in [-0.39, 0.29) is 11.9 Å². The molecule has 3 nitrogen and oxygen atoms in total. The van der Waals surface area contributed by atoms with Crippen molar-refractivity contribution in [3.05, 3.63) is 59.4 Å². The molecule has 0 N–H and O–H groups in total. The van der Waals surface area contributed by atoms with Crippen molar-refractivity contribution in [3.8, 4) is 11.8 Å². The number of hydrogen-bond donors (Lipinski definition) is 0. The van der Waals surface area contributed by atoms with Crippen molar-refractivity contribution >= 4 is 5.69 Å². The molecule has 0 aromatic heterocycles. The number of anilines is 1. The monoisotopic (exact) mass is 296 g/mol. The molecule has 0 fully saturated rings. The first-order valence-corrected chi connectivity index (χ1v) is 7.29. The van der Waals surface area contributed by atoms with Crippen LogP contribution in [-0.2, 0) is 0 Å². The zero-order valence-corrected chi connectivity index (χ0v) is 12.6. The van der Waals surface area contributed by atoms with Crippen LogP contribution in [-0.4, -0.2) is 13.7 Å². The number of nitriles is 1. The first kappa shape index (κ1) is 14.4. The van der Waals surface area contributed by atoms with Crippen LogP contribution in [0.3, 0.4) is 0 Å². The summed E-state index contributed by atoms with van der Waals surface area (Å²) in [5.41, 5.74) is 2.44. The number of halogens is 1. The maximum Gasteiger partial charge on any atom is 0.128 e. The van der Waals surface area contributed by atoms with Gasteiger partial charge in [0.15, 0.2) is 0 Å². The Morgan fingerprint density at radius 3 is 2.64 bits per heavy atom. The van der Waals surface area contributed by atoms with Crippen LogP contribution in [0, 0.1) is 17.1 Å². The minimum absolute atomic E-state index is 0.272. The molecule has 112 valence electrons. The highest BCUT2D eigenvalue weighted by atomic mass is 19.1. The van der Waals surface area contributed by atoms with E-state index in [1.165, 1.54) is 6.07 Å². The highest BCUT2D eigenvalue weighted by Gasteiger charge is 2.40. The van der Waals surface area contributed by atoms with Crippen molar-refractivity contribution in [1.82, 2.24) is 0 Å². The van der Waals surface area contributed by atoms with Gasteiger partial charge in [0.05, 0.1) is 25.1 Å². The lowest BCUT2D eigenvalue weighted by atomic mass is 9.91. The molecule has 4 heteroatoms. The van der Waals surface area contributed by atoms with Crippen LogP contribution in [0.15, 0.2) is 42.5 Å². The standard InChI is InChI=1S/C18H17FN2O/c1-3-21-17-10-12(22-2)8-9-13(17)15(11-20)18(21)14-6-4-5-7-16(14)19/h4-10,15,18H,3H2,1-2H3. The molecule has 2 unspecified atom stereocenters. The summed E-state index contributed by atoms with van der Waals surface area (Å²) in [5.74, 6) is 0.0757. The largest absolute Gasteiger partial charge is 0.497 e. The van der Waals surface area contributed by atoms with Crippen molar-refractivity contribution in [2.45, 2.75) is 18.9 Å². The van der Waals surface area contributed by atoms with Gasteiger partial charge in [0.1, 0.15) is 11.6 Å². The van der Waals surface area contributed by atoms with Crippen molar-refractivity contribution < 1.29 is 9.13 Å². The SMILES string of the molecule is CCN1c2cc(OC)ccc2C(C#N)C1c1ccccc1F. The summed E-state index contributed by atoms with van der Waals surface area (Å²) < 4.78 is 19.6. The summed E-state index contributed by atoms with van der Waals surface area (Å²) in [6, 6.07) is 14.4. The van der Waals surface area contributed by atoms with Crippen LogP contribution in [0.4, 0.5) is 10.1 Å². The van der Waals surface area contributed by atoms with Crippen LogP contribution in [0.2, 0.25) is 0 Å². The Kier molecular flexibility index (Phi) is 3.72. The second-order valence-corrected chi connectivity index (χ2v) is 5.28. The van der Waals surface area contributed by atoms with E-state index < -0.39 is 5.92 Å². The molecule has 0 bridgehead atoms. The van der Waals surface area contributed by atoms with Crippen LogP contribution in [0.25, 0.3) is 0 Å². The number of fused-ring (bicyclic) bond motifs is 1. The quantitative estimate of drug-likeness (QED) is 0.858. The number of benzene rings is 2. The van der Waals surface area contributed by atoms with E-state index in [4.69, 9.17) is 4.74 Å². The molecule has 0 saturated carbocycles. The van der Waals surface area contributed by atoms with Crippen molar-refractivity contribution in [2.75, 3.05) is 18.6 Å². The predicted octanol–water partition coefficient (Wildman–Crippen LogP) is 4.02. The predicted molar refractivity (Wildman–Crippen MR) is 83.5 cm³/mol. The Labute approximate surface area is 129 Å². The van der Waals surface area contributed by atoms with Gasteiger partial charge in [-0.3, -0.25) is 0 Å². The van der Waals surface area contributed by atoms with Gasteiger partial charge in [0, 0.05) is 23.9 Å². The molecule has 2 aromatic carbocycles. The molecule has 2 aromatic rings. The lowest BCUT2D eigenvalue weighted by Crippen LogP contribution is -2.27. The van der Waals surface area contributed by atoms with E-state index in [0.29, 0.717) is 12.1 Å². The summed E-state index contributed by atoms with van der Waals surface area (Å²) in [5, 5.41) is 9.64. The maximum absolute atomic E-state index is 14.3. The first-order valence-electron chi connectivity index (χ1n) is 7.29. The summed E-state index contributed by atoms with van der Waals surface area (Å²) >= 11 is 0. The number of likely N-dealkylation sites (N-methyl/N-ethyl adjacent to an activating group) is 1. The highest BCUT2D eigenvalue weighted by Crippen LogP contribution is 2.49. The number of ether oxygens (including phenoxy) is 1. The molecule has 0 radical (unpaired) electrons. The molecule has 1 aliphatic heterocycles. The topological polar surface area (TPSA) is 36.3 Å². The summed E-state index contributed by atoms with van der Waals surface area (Å²) in [6.07, 6.45) is 0. The van der Waals surface area contributed by atoms with Gasteiger partial charge in [-0.05, 0) is 24.6 Å². The second-order valence-electron chi connectivity index (χ2n) is 5.28. The van der Waals surface area contributed by atoms with Crippen LogP contribution in [0.1, 0.15) is 30.0 Å². The summed E-state index contributed by atoms with van der Waals surface area (Å²) in [4.78, 5) is 2.07. The average Bonchev–Trinajstić information content (AvgIpc) is 2.87. The molecule has 1 heterocycles. The van der Waals surface area contributed by atoms with Gasteiger partial charge in [-0.25, -0.2) is 4.39 Å². The molecule has 2 atom stereocenters. The van der Waals surface area contributed by atoms with Gasteiger partial charge in [-0.1, -0.05) is 24.3 Å². The third-order valence-electron chi connectivity index (χ3n) is 4.24. The molecule has 0 saturated heterocycles. The average molecular weight is 296 g/mol. The van der Waals surface area contributed by atoms with Crippen molar-refractivity contribution in [1.29, 1.82) is 5.26 Å². The van der Waals surface area contributed by atoms with E-state index in [1.807, 2.05) is 31.2 Å². The third-order valence-corrected chi connectivity index (χ3v) is 4.24. The van der Waals surface area contributed by atoms with Crippen LogP contribution >= 0.6 is 0 Å². The third kappa shape index (κ3) is 2.10. The summed E-state index contributed by atoms with van der Waals surface area (Å²) in [7, 11) is 1.61. The number of nitrogens with zero attached hydrogens (tertiary/aromatic N) is 2. The number of methoxy groups -OCH3 is 1. The van der Waals surface area contributed by atoms with E-state index in [2.05, 4.69) is 11.0 Å². The number of hydrogen-bond acceptors (Lipinski definition) is 3. The van der Waals surface area contributed by atoms with Crippen molar-refractivity contribution in [2.24, 2.45) is 0 Å². The van der Waals surface area contributed by atoms with E-state index in [9.17, 15) is 9.65 Å². The van der Waals surface area contributed by atoms with Crippen molar-refractivity contribution in [3.63, 3.8) is 0 Å². The van der Waals surface area contributed by atoms with Gasteiger partial charge in [0.2, 0.25) is 0 Å². The van der Waals surface area contributed by atoms with Gasteiger partial charge in [0.25, 0.3) is 0 Å². The normalized spacial score (nSPS) is 19.6. The Hall–Kier alpha value is -2.54. The van der Waals surface area contributed by atoms with Gasteiger partial charge in [-0.15, -0.1) is 0 Å². The molecule has 0 aliphatic carbocycles. The molecule has 0 amide bonds. The van der Waals surface area contributed by atoms with Gasteiger partial charge in [-0.2, -0.15) is 5.26 Å². The maximum atomic E-state index is 14.3. The molecular weight excluding hydrogens is 279 g/mol. The van der Waals surface area contributed by atoms with E-state index >= 15 is 0 Å². The smallest absolute Gasteiger partial charge is 0.128 e. The molecule has 22 heavy (non-hydrogen) atoms. The number of rotatable bonds is 3. The molecule has 0 spiro atoms. The van der Waals surface area contributed by atoms with E-state index in [0.717, 1.165) is 17.0 Å². The Morgan fingerprint density at radius 2 is 2.00 bits per heavy atom. The van der Waals surface area contributed by atoms with E-state index in [1.54, 1.807) is 19.2 Å².